The van der Waals surface area contributed by atoms with E-state index in [1.165, 1.54) is 11.1 Å². The molecule has 0 saturated carbocycles. The summed E-state index contributed by atoms with van der Waals surface area (Å²) in [6, 6.07) is 21.1. The third-order valence-corrected chi connectivity index (χ3v) is 5.87. The lowest BCUT2D eigenvalue weighted by Gasteiger charge is -2.27. The monoisotopic (exact) mass is 400 g/mol. The lowest BCUT2D eigenvalue weighted by atomic mass is 9.95. The Morgan fingerprint density at radius 2 is 1.45 bits per heavy atom. The number of hydrogen-bond donors (Lipinski definition) is 0. The summed E-state index contributed by atoms with van der Waals surface area (Å²) in [5.74, 6) is 0.894. The predicted molar refractivity (Wildman–Crippen MR) is 132 cm³/mol. The Bertz CT molecular complexity index is 1210. The molecule has 2 nitrogen and oxygen atoms in total. The maximum Gasteiger partial charge on any atom is 0.138 e. The number of fused-ring (bicyclic) bond motifs is 2. The van der Waals surface area contributed by atoms with E-state index in [9.17, 15) is 0 Å². The van der Waals surface area contributed by atoms with Gasteiger partial charge in [-0.15, -0.1) is 0 Å². The molecule has 150 valence electrons. The van der Waals surface area contributed by atoms with Crippen molar-refractivity contribution in [2.24, 2.45) is 0 Å². The molecule has 0 N–H and O–H groups in total. The highest BCUT2D eigenvalue weighted by Gasteiger charge is 2.26. The van der Waals surface area contributed by atoms with Gasteiger partial charge in [0.15, 0.2) is 0 Å². The fraction of sp³-hybridized carbons (Fsp3) is 0.0690. The van der Waals surface area contributed by atoms with Gasteiger partial charge >= 0.3 is 0 Å². The molecule has 2 aliphatic rings. The molecule has 0 atom stereocenters. The molecule has 3 aromatic rings. The number of pyridine rings is 1. The third kappa shape index (κ3) is 3.27. The maximum atomic E-state index is 4.80. The van der Waals surface area contributed by atoms with E-state index in [2.05, 4.69) is 96.9 Å². The van der Waals surface area contributed by atoms with Gasteiger partial charge in [0.1, 0.15) is 5.82 Å². The zero-order valence-electron chi connectivity index (χ0n) is 17.5. The van der Waals surface area contributed by atoms with Crippen LogP contribution >= 0.6 is 0 Å². The number of hydrogen-bond acceptors (Lipinski definition) is 2. The van der Waals surface area contributed by atoms with Gasteiger partial charge in [-0.05, 0) is 59.4 Å². The van der Waals surface area contributed by atoms with Crippen molar-refractivity contribution in [2.45, 2.75) is 12.8 Å². The average Bonchev–Trinajstić information content (AvgIpc) is 2.96. The lowest BCUT2D eigenvalue weighted by Crippen LogP contribution is -2.13. The quantitative estimate of drug-likeness (QED) is 0.443. The Morgan fingerprint density at radius 1 is 0.806 bits per heavy atom. The van der Waals surface area contributed by atoms with Crippen LogP contribution in [0.2, 0.25) is 0 Å². The fourth-order valence-electron chi connectivity index (χ4n) is 4.45. The van der Waals surface area contributed by atoms with Gasteiger partial charge in [-0.25, -0.2) is 4.98 Å². The molecule has 0 radical (unpaired) electrons. The summed E-state index contributed by atoms with van der Waals surface area (Å²) in [5, 5.41) is 0. The first-order chi connectivity index (χ1) is 15.3. The van der Waals surface area contributed by atoms with Gasteiger partial charge in [0, 0.05) is 17.3 Å². The highest BCUT2D eigenvalue weighted by molar-refractivity contribution is 6.08. The molecule has 2 heteroatoms. The Kier molecular flexibility index (Phi) is 4.97. The number of rotatable bonds is 4. The third-order valence-electron chi connectivity index (χ3n) is 5.87. The van der Waals surface area contributed by atoms with E-state index in [-0.39, 0.29) is 0 Å². The van der Waals surface area contributed by atoms with Crippen molar-refractivity contribution >= 4 is 33.9 Å². The minimum Gasteiger partial charge on any atom is -0.294 e. The number of aromatic nitrogens is 1. The van der Waals surface area contributed by atoms with Crippen molar-refractivity contribution < 1.29 is 0 Å². The summed E-state index contributed by atoms with van der Waals surface area (Å²) < 4.78 is 0. The first-order valence-corrected chi connectivity index (χ1v) is 10.6. The number of para-hydroxylation sites is 2. The van der Waals surface area contributed by atoms with Crippen LogP contribution in [0.1, 0.15) is 29.5 Å². The first kappa shape index (κ1) is 19.1. The SMILES string of the molecule is C=CC1=C(C=C)c2ccccc2N(c2cc(C3=CCCC=C3)ccn2)c2ccccc21. The number of benzene rings is 2. The molecule has 1 aliphatic carbocycles. The van der Waals surface area contributed by atoms with Gasteiger partial charge in [-0.3, -0.25) is 4.90 Å². The summed E-state index contributed by atoms with van der Waals surface area (Å²) in [5.41, 5.74) is 8.99. The molecule has 0 unspecified atom stereocenters. The van der Waals surface area contributed by atoms with E-state index in [1.54, 1.807) is 0 Å². The van der Waals surface area contributed by atoms with Gasteiger partial charge in [-0.1, -0.05) is 79.9 Å². The maximum absolute atomic E-state index is 4.80. The predicted octanol–water partition coefficient (Wildman–Crippen LogP) is 7.88. The van der Waals surface area contributed by atoms with Gasteiger partial charge in [0.2, 0.25) is 0 Å². The Morgan fingerprint density at radius 3 is 2.03 bits per heavy atom. The molecule has 2 heterocycles. The van der Waals surface area contributed by atoms with Crippen LogP contribution in [0.4, 0.5) is 17.2 Å². The van der Waals surface area contributed by atoms with E-state index in [0.717, 1.165) is 52.3 Å². The van der Waals surface area contributed by atoms with Crippen molar-refractivity contribution in [3.63, 3.8) is 0 Å². The molecule has 1 aromatic heterocycles. The van der Waals surface area contributed by atoms with Gasteiger partial charge in [-0.2, -0.15) is 0 Å². The van der Waals surface area contributed by atoms with E-state index in [0.29, 0.717) is 0 Å². The largest absolute Gasteiger partial charge is 0.294 e. The molecule has 0 bridgehead atoms. The molecule has 0 fully saturated rings. The molecule has 0 amide bonds. The highest BCUT2D eigenvalue weighted by atomic mass is 15.2. The van der Waals surface area contributed by atoms with Gasteiger partial charge in [0.05, 0.1) is 11.4 Å². The molecule has 1 aliphatic heterocycles. The lowest BCUT2D eigenvalue weighted by molar-refractivity contribution is 1.04. The fourth-order valence-corrected chi connectivity index (χ4v) is 4.45. The van der Waals surface area contributed by atoms with Gasteiger partial charge in [0.25, 0.3) is 0 Å². The standard InChI is InChI=1S/C29H24N2/c1-3-23-24(4-2)26-15-9-11-17-28(26)31(27-16-10-8-14-25(23)27)29-20-22(18-19-30-29)21-12-6-5-7-13-21/h3-4,6,8-20H,1-2,5,7H2. The van der Waals surface area contributed by atoms with Crippen LogP contribution in [0, 0.1) is 0 Å². The highest BCUT2D eigenvalue weighted by Crippen LogP contribution is 2.47. The zero-order chi connectivity index (χ0) is 21.2. The van der Waals surface area contributed by atoms with E-state index >= 15 is 0 Å². The summed E-state index contributed by atoms with van der Waals surface area (Å²) in [4.78, 5) is 7.05. The van der Waals surface area contributed by atoms with Crippen molar-refractivity contribution in [3.05, 3.63) is 127 Å². The van der Waals surface area contributed by atoms with Crippen LogP contribution < -0.4 is 4.90 Å². The molecule has 0 spiro atoms. The van der Waals surface area contributed by atoms with E-state index in [1.807, 2.05) is 18.3 Å². The molecule has 2 aromatic carbocycles. The first-order valence-electron chi connectivity index (χ1n) is 10.6. The summed E-state index contributed by atoms with van der Waals surface area (Å²) in [6.07, 6.45) is 14.7. The normalized spacial score (nSPS) is 15.0. The Labute approximate surface area is 183 Å². The topological polar surface area (TPSA) is 16.1 Å². The van der Waals surface area contributed by atoms with Crippen molar-refractivity contribution in [1.82, 2.24) is 4.98 Å². The number of allylic oxidation sites excluding steroid dienone is 8. The van der Waals surface area contributed by atoms with E-state index in [4.69, 9.17) is 4.98 Å². The van der Waals surface area contributed by atoms with Crippen LogP contribution in [0.15, 0.2) is 110 Å². The van der Waals surface area contributed by atoms with Crippen LogP contribution in [-0.2, 0) is 0 Å². The van der Waals surface area contributed by atoms with Crippen LogP contribution in [0.3, 0.4) is 0 Å². The van der Waals surface area contributed by atoms with E-state index < -0.39 is 0 Å². The molecule has 31 heavy (non-hydrogen) atoms. The average molecular weight is 401 g/mol. The van der Waals surface area contributed by atoms with Crippen LogP contribution in [0.5, 0.6) is 0 Å². The second kappa shape index (κ2) is 8.08. The van der Waals surface area contributed by atoms with Crippen LogP contribution in [-0.4, -0.2) is 4.98 Å². The van der Waals surface area contributed by atoms with Crippen molar-refractivity contribution in [2.75, 3.05) is 4.90 Å². The molecular formula is C29H24N2. The van der Waals surface area contributed by atoms with Crippen molar-refractivity contribution in [3.8, 4) is 0 Å². The smallest absolute Gasteiger partial charge is 0.138 e. The summed E-state index contributed by atoms with van der Waals surface area (Å²) in [6.45, 7) is 8.23. The summed E-state index contributed by atoms with van der Waals surface area (Å²) >= 11 is 0. The second-order valence-electron chi connectivity index (χ2n) is 7.65. The number of anilines is 3. The van der Waals surface area contributed by atoms with Crippen LogP contribution in [0.25, 0.3) is 16.7 Å². The zero-order valence-corrected chi connectivity index (χ0v) is 17.5. The number of nitrogens with zero attached hydrogens (tertiary/aromatic N) is 2. The molecular weight excluding hydrogens is 376 g/mol. The van der Waals surface area contributed by atoms with Gasteiger partial charge < -0.3 is 0 Å². The minimum absolute atomic E-state index is 0.894. The van der Waals surface area contributed by atoms with Crippen molar-refractivity contribution in [1.29, 1.82) is 0 Å². The minimum atomic E-state index is 0.894. The Balaban J connectivity index is 1.78. The Hall–Kier alpha value is -3.91. The summed E-state index contributed by atoms with van der Waals surface area (Å²) in [7, 11) is 0. The molecule has 5 rings (SSSR count). The molecule has 0 saturated heterocycles. The second-order valence-corrected chi connectivity index (χ2v) is 7.65.